The number of carbonyl (C=O) groups excluding carboxylic acids is 1. The molecular weight excluding hydrogens is 364 g/mol. The highest BCUT2D eigenvalue weighted by molar-refractivity contribution is 5.81. The lowest BCUT2D eigenvalue weighted by molar-refractivity contribution is -0.134. The van der Waals surface area contributed by atoms with Crippen LogP contribution >= 0.6 is 0 Å². The number of guanidine groups is 1. The molecule has 0 radical (unpaired) electrons. The van der Waals surface area contributed by atoms with Gasteiger partial charge in [0.05, 0.1) is 0 Å². The molecule has 3 rings (SSSR count). The van der Waals surface area contributed by atoms with Gasteiger partial charge in [0.25, 0.3) is 0 Å². The highest BCUT2D eigenvalue weighted by Crippen LogP contribution is 2.27. The van der Waals surface area contributed by atoms with Crippen molar-refractivity contribution in [1.29, 1.82) is 0 Å². The summed E-state index contributed by atoms with van der Waals surface area (Å²) < 4.78 is 0. The van der Waals surface area contributed by atoms with Crippen LogP contribution in [0.15, 0.2) is 4.99 Å². The molecule has 0 spiro atoms. The number of aliphatic imine (C=N–C) groups is 1. The topological polar surface area (TPSA) is 63.2 Å². The molecule has 2 unspecified atom stereocenters. The maximum absolute atomic E-state index is 12.7. The second-order valence-electron chi connectivity index (χ2n) is 9.32. The van der Waals surface area contributed by atoms with Gasteiger partial charge >= 0.3 is 0 Å². The van der Waals surface area contributed by atoms with E-state index in [0.29, 0.717) is 17.9 Å². The molecule has 2 heterocycles. The Labute approximate surface area is 177 Å². The maximum Gasteiger partial charge on any atom is 0.225 e. The summed E-state index contributed by atoms with van der Waals surface area (Å²) in [6.07, 6.45) is 5.62. The van der Waals surface area contributed by atoms with Crippen LogP contribution in [0.5, 0.6) is 0 Å². The van der Waals surface area contributed by atoms with E-state index in [1.54, 1.807) is 0 Å². The van der Waals surface area contributed by atoms with Crippen molar-refractivity contribution in [3.05, 3.63) is 0 Å². The third kappa shape index (κ3) is 6.85. The molecular formula is C22H42N6O. The zero-order valence-corrected chi connectivity index (χ0v) is 18.8. The molecule has 3 fully saturated rings. The number of nitrogens with one attached hydrogen (secondary N) is 2. The lowest BCUT2D eigenvalue weighted by Gasteiger charge is -2.33. The van der Waals surface area contributed by atoms with Gasteiger partial charge in [-0.3, -0.25) is 9.79 Å². The minimum atomic E-state index is 0.283. The average Bonchev–Trinajstić information content (AvgIpc) is 3.40. The number of carbonyl (C=O) groups is 1. The van der Waals surface area contributed by atoms with Crippen LogP contribution in [0.1, 0.15) is 46.0 Å². The van der Waals surface area contributed by atoms with Gasteiger partial charge in [-0.25, -0.2) is 0 Å². The first kappa shape index (κ1) is 22.3. The molecule has 2 atom stereocenters. The van der Waals surface area contributed by atoms with E-state index in [1.807, 2.05) is 0 Å². The molecule has 0 aromatic rings. The van der Waals surface area contributed by atoms with Crippen molar-refractivity contribution in [3.63, 3.8) is 0 Å². The summed E-state index contributed by atoms with van der Waals surface area (Å²) >= 11 is 0. The fraction of sp³-hybridized carbons (Fsp3) is 0.909. The Balaban J connectivity index is 1.43. The minimum Gasteiger partial charge on any atom is -0.357 e. The molecule has 1 amide bonds. The molecule has 2 aliphatic heterocycles. The molecule has 0 bridgehead atoms. The lowest BCUT2D eigenvalue weighted by atomic mass is 10.1. The summed E-state index contributed by atoms with van der Waals surface area (Å²) in [5.41, 5.74) is 0. The number of amides is 1. The van der Waals surface area contributed by atoms with Crippen LogP contribution in [0, 0.1) is 11.8 Å². The van der Waals surface area contributed by atoms with Gasteiger partial charge in [0.2, 0.25) is 5.91 Å². The average molecular weight is 407 g/mol. The summed E-state index contributed by atoms with van der Waals surface area (Å²) in [5.74, 6) is 2.11. The molecule has 1 aliphatic carbocycles. The van der Waals surface area contributed by atoms with E-state index in [-0.39, 0.29) is 5.92 Å². The van der Waals surface area contributed by atoms with Gasteiger partial charge < -0.3 is 25.3 Å². The van der Waals surface area contributed by atoms with E-state index < -0.39 is 0 Å². The molecule has 0 aromatic heterocycles. The van der Waals surface area contributed by atoms with E-state index >= 15 is 0 Å². The Bertz CT molecular complexity index is 539. The predicted octanol–water partition coefficient (Wildman–Crippen LogP) is 1.22. The number of piperazine rings is 1. The number of nitrogens with zero attached hydrogens (tertiary/aromatic N) is 4. The van der Waals surface area contributed by atoms with Crippen LogP contribution in [-0.2, 0) is 4.79 Å². The highest BCUT2D eigenvalue weighted by atomic mass is 16.2. The van der Waals surface area contributed by atoms with Gasteiger partial charge in [0.15, 0.2) is 5.96 Å². The zero-order chi connectivity index (χ0) is 20.6. The summed E-state index contributed by atoms with van der Waals surface area (Å²) in [6, 6.07) is 0.311. The van der Waals surface area contributed by atoms with Crippen LogP contribution in [0.2, 0.25) is 0 Å². The smallest absolute Gasteiger partial charge is 0.225 e. The van der Waals surface area contributed by atoms with Gasteiger partial charge in [0, 0.05) is 70.9 Å². The standard InChI is InChI=1S/C22H42N6O/c1-4-23-22(24-15-18(2)16-27-13-11-26(3)12-14-27)25-20-9-10-28(17-20)21(29)19-7-5-6-8-19/h18-20H,4-17H2,1-3H3,(H2,23,24,25). The fourth-order valence-electron chi connectivity index (χ4n) is 4.80. The monoisotopic (exact) mass is 406 g/mol. The third-order valence-electron chi connectivity index (χ3n) is 6.62. The number of likely N-dealkylation sites (N-methyl/N-ethyl adjacent to an activating group) is 1. The summed E-state index contributed by atoms with van der Waals surface area (Å²) in [5, 5.41) is 6.97. The van der Waals surface area contributed by atoms with Crippen molar-refractivity contribution in [2.24, 2.45) is 16.8 Å². The quantitative estimate of drug-likeness (QED) is 0.492. The zero-order valence-electron chi connectivity index (χ0n) is 18.8. The summed E-state index contributed by atoms with van der Waals surface area (Å²) in [6.45, 7) is 13.6. The first-order valence-corrected chi connectivity index (χ1v) is 11.8. The van der Waals surface area contributed by atoms with E-state index in [4.69, 9.17) is 4.99 Å². The van der Waals surface area contributed by atoms with Crippen molar-refractivity contribution < 1.29 is 4.79 Å². The van der Waals surface area contributed by atoms with Gasteiger partial charge in [-0.1, -0.05) is 19.8 Å². The fourth-order valence-corrected chi connectivity index (χ4v) is 4.80. The minimum absolute atomic E-state index is 0.283. The molecule has 7 nitrogen and oxygen atoms in total. The van der Waals surface area contributed by atoms with Crippen molar-refractivity contribution >= 4 is 11.9 Å². The largest absolute Gasteiger partial charge is 0.357 e. The van der Waals surface area contributed by atoms with Crippen molar-refractivity contribution in [2.45, 2.75) is 52.0 Å². The van der Waals surface area contributed by atoms with Crippen molar-refractivity contribution in [3.8, 4) is 0 Å². The van der Waals surface area contributed by atoms with E-state index in [2.05, 4.69) is 46.2 Å². The second-order valence-corrected chi connectivity index (χ2v) is 9.32. The van der Waals surface area contributed by atoms with Gasteiger partial charge in [0.1, 0.15) is 0 Å². The molecule has 166 valence electrons. The molecule has 0 aromatic carbocycles. The van der Waals surface area contributed by atoms with E-state index in [0.717, 1.165) is 84.1 Å². The molecule has 29 heavy (non-hydrogen) atoms. The van der Waals surface area contributed by atoms with Crippen LogP contribution in [-0.4, -0.2) is 98.6 Å². The molecule has 3 aliphatic rings. The predicted molar refractivity (Wildman–Crippen MR) is 119 cm³/mol. The van der Waals surface area contributed by atoms with Gasteiger partial charge in [-0.05, 0) is 39.2 Å². The second kappa shape index (κ2) is 11.2. The van der Waals surface area contributed by atoms with E-state index in [1.165, 1.54) is 12.8 Å². The van der Waals surface area contributed by atoms with E-state index in [9.17, 15) is 4.79 Å². The molecule has 1 saturated carbocycles. The third-order valence-corrected chi connectivity index (χ3v) is 6.62. The first-order chi connectivity index (χ1) is 14.0. The van der Waals surface area contributed by atoms with Crippen LogP contribution in [0.3, 0.4) is 0 Å². The van der Waals surface area contributed by atoms with Crippen molar-refractivity contribution in [1.82, 2.24) is 25.3 Å². The Morgan fingerprint density at radius 3 is 2.52 bits per heavy atom. The number of hydrogen-bond acceptors (Lipinski definition) is 4. The van der Waals surface area contributed by atoms with Gasteiger partial charge in [-0.2, -0.15) is 0 Å². The Hall–Kier alpha value is -1.34. The molecule has 2 N–H and O–H groups in total. The van der Waals surface area contributed by atoms with Crippen LogP contribution < -0.4 is 10.6 Å². The summed E-state index contributed by atoms with van der Waals surface area (Å²) in [4.78, 5) is 24.6. The Morgan fingerprint density at radius 1 is 1.10 bits per heavy atom. The van der Waals surface area contributed by atoms with Crippen molar-refractivity contribution in [2.75, 3.05) is 66.0 Å². The first-order valence-electron chi connectivity index (χ1n) is 11.8. The maximum atomic E-state index is 12.7. The number of likely N-dealkylation sites (tertiary alicyclic amines) is 1. The number of hydrogen-bond donors (Lipinski definition) is 2. The Morgan fingerprint density at radius 2 is 1.83 bits per heavy atom. The van der Waals surface area contributed by atoms with Crippen LogP contribution in [0.25, 0.3) is 0 Å². The molecule has 2 saturated heterocycles. The SMILES string of the molecule is CCNC(=NCC(C)CN1CCN(C)CC1)NC1CCN(C(=O)C2CCCC2)C1. The van der Waals surface area contributed by atoms with Crippen LogP contribution in [0.4, 0.5) is 0 Å². The molecule has 7 heteroatoms. The highest BCUT2D eigenvalue weighted by Gasteiger charge is 2.32. The number of rotatable bonds is 7. The Kier molecular flexibility index (Phi) is 8.60. The summed E-state index contributed by atoms with van der Waals surface area (Å²) in [7, 11) is 2.20. The van der Waals surface area contributed by atoms with Gasteiger partial charge in [-0.15, -0.1) is 0 Å². The normalized spacial score (nSPS) is 26.1. The lowest BCUT2D eigenvalue weighted by Crippen LogP contribution is -2.47.